The summed E-state index contributed by atoms with van der Waals surface area (Å²) in [5.74, 6) is 0.731. The molecule has 0 saturated carbocycles. The van der Waals surface area contributed by atoms with Crippen molar-refractivity contribution in [3.8, 4) is 0 Å². The zero-order valence-electron chi connectivity index (χ0n) is 15.0. The SMILES string of the molecule is CCN(Cc1ccc(N(C)C)cc1)C(=O)N[C@@H](C)c1nncn1C. The van der Waals surface area contributed by atoms with E-state index in [1.54, 1.807) is 15.8 Å². The predicted octanol–water partition coefficient (Wildman–Crippen LogP) is 2.17. The minimum Gasteiger partial charge on any atom is -0.378 e. The molecule has 0 aliphatic carbocycles. The van der Waals surface area contributed by atoms with Crippen molar-refractivity contribution < 1.29 is 4.79 Å². The lowest BCUT2D eigenvalue weighted by Crippen LogP contribution is -2.41. The van der Waals surface area contributed by atoms with E-state index in [1.807, 2.05) is 35.0 Å². The normalized spacial score (nSPS) is 11.9. The second-order valence-electron chi connectivity index (χ2n) is 6.05. The molecule has 7 heteroatoms. The van der Waals surface area contributed by atoms with Gasteiger partial charge in [-0.15, -0.1) is 10.2 Å². The number of nitrogens with zero attached hydrogens (tertiary/aromatic N) is 5. The van der Waals surface area contributed by atoms with Gasteiger partial charge in [0.2, 0.25) is 0 Å². The van der Waals surface area contributed by atoms with Gasteiger partial charge in [0, 0.05) is 39.9 Å². The lowest BCUT2D eigenvalue weighted by Gasteiger charge is -2.24. The molecule has 2 rings (SSSR count). The molecule has 0 aliphatic heterocycles. The molecule has 1 N–H and O–H groups in total. The first-order chi connectivity index (χ1) is 11.4. The molecule has 1 aromatic carbocycles. The van der Waals surface area contributed by atoms with Crippen molar-refractivity contribution in [2.24, 2.45) is 7.05 Å². The number of urea groups is 1. The van der Waals surface area contributed by atoms with Crippen molar-refractivity contribution in [3.05, 3.63) is 42.0 Å². The Hall–Kier alpha value is -2.57. The van der Waals surface area contributed by atoms with Gasteiger partial charge in [-0.05, 0) is 31.5 Å². The third-order valence-corrected chi connectivity index (χ3v) is 3.97. The van der Waals surface area contributed by atoms with E-state index >= 15 is 0 Å². The Labute approximate surface area is 143 Å². The van der Waals surface area contributed by atoms with Crippen LogP contribution < -0.4 is 10.2 Å². The van der Waals surface area contributed by atoms with E-state index in [-0.39, 0.29) is 12.1 Å². The number of hydrogen-bond donors (Lipinski definition) is 1. The summed E-state index contributed by atoms with van der Waals surface area (Å²) in [5, 5.41) is 10.9. The lowest BCUT2D eigenvalue weighted by atomic mass is 10.2. The van der Waals surface area contributed by atoms with Crippen LogP contribution in [0.3, 0.4) is 0 Å². The van der Waals surface area contributed by atoms with Crippen LogP contribution in [0.25, 0.3) is 0 Å². The van der Waals surface area contributed by atoms with E-state index < -0.39 is 0 Å². The average molecular weight is 330 g/mol. The maximum absolute atomic E-state index is 12.5. The highest BCUT2D eigenvalue weighted by atomic mass is 16.2. The Morgan fingerprint density at radius 3 is 2.46 bits per heavy atom. The summed E-state index contributed by atoms with van der Waals surface area (Å²) < 4.78 is 1.81. The molecule has 0 spiro atoms. The molecule has 0 fully saturated rings. The Morgan fingerprint density at radius 2 is 1.96 bits per heavy atom. The number of rotatable bonds is 6. The molecule has 7 nitrogen and oxygen atoms in total. The molecular weight excluding hydrogens is 304 g/mol. The average Bonchev–Trinajstić information content (AvgIpc) is 2.99. The number of carbonyl (C=O) groups is 1. The standard InChI is InChI=1S/C17H26N6O/c1-6-23(11-14-7-9-15(10-8-14)21(3)4)17(24)19-13(2)16-20-18-12-22(16)5/h7-10,12-13H,6,11H2,1-5H3,(H,19,24)/t13-/m0/s1. The molecule has 2 aromatic rings. The summed E-state index contributed by atoms with van der Waals surface area (Å²) in [4.78, 5) is 16.3. The second kappa shape index (κ2) is 7.81. The van der Waals surface area contributed by atoms with Crippen LogP contribution in [-0.4, -0.2) is 46.3 Å². The number of carbonyl (C=O) groups excluding carboxylic acids is 1. The van der Waals surface area contributed by atoms with Gasteiger partial charge < -0.3 is 19.7 Å². The van der Waals surface area contributed by atoms with Crippen LogP contribution in [0.5, 0.6) is 0 Å². The van der Waals surface area contributed by atoms with E-state index in [2.05, 4.69) is 44.7 Å². The highest BCUT2D eigenvalue weighted by Gasteiger charge is 2.18. The maximum Gasteiger partial charge on any atom is 0.318 e. The van der Waals surface area contributed by atoms with Crippen LogP contribution in [0.1, 0.15) is 31.3 Å². The minimum absolute atomic E-state index is 0.107. The quantitative estimate of drug-likeness (QED) is 0.881. The summed E-state index contributed by atoms with van der Waals surface area (Å²) in [6, 6.07) is 7.92. The summed E-state index contributed by atoms with van der Waals surface area (Å²) >= 11 is 0. The van der Waals surface area contributed by atoms with Gasteiger partial charge in [0.1, 0.15) is 6.33 Å². The van der Waals surface area contributed by atoms with Gasteiger partial charge >= 0.3 is 6.03 Å². The fraction of sp³-hybridized carbons (Fsp3) is 0.471. The molecule has 0 saturated heterocycles. The Balaban J connectivity index is 1.99. The molecule has 0 aliphatic rings. The first kappa shape index (κ1) is 17.8. The summed E-state index contributed by atoms with van der Waals surface area (Å²) in [6.07, 6.45) is 1.63. The molecule has 1 atom stereocenters. The number of amides is 2. The minimum atomic E-state index is -0.199. The molecular formula is C17H26N6O. The molecule has 130 valence electrons. The van der Waals surface area contributed by atoms with Gasteiger partial charge in [0.25, 0.3) is 0 Å². The number of hydrogen-bond acceptors (Lipinski definition) is 4. The van der Waals surface area contributed by atoms with Gasteiger partial charge in [-0.2, -0.15) is 0 Å². The Morgan fingerprint density at radius 1 is 1.29 bits per heavy atom. The summed E-state index contributed by atoms with van der Waals surface area (Å²) in [6.45, 7) is 5.08. The Kier molecular flexibility index (Phi) is 5.78. The van der Waals surface area contributed by atoms with Crippen LogP contribution in [-0.2, 0) is 13.6 Å². The fourth-order valence-corrected chi connectivity index (χ4v) is 2.47. The van der Waals surface area contributed by atoms with Crippen molar-refractivity contribution in [1.29, 1.82) is 0 Å². The van der Waals surface area contributed by atoms with Gasteiger partial charge in [-0.1, -0.05) is 12.1 Å². The summed E-state index contributed by atoms with van der Waals surface area (Å²) in [7, 11) is 5.88. The number of anilines is 1. The second-order valence-corrected chi connectivity index (χ2v) is 6.05. The first-order valence-electron chi connectivity index (χ1n) is 8.08. The third kappa shape index (κ3) is 4.24. The van der Waals surface area contributed by atoms with E-state index in [4.69, 9.17) is 0 Å². The van der Waals surface area contributed by atoms with Crippen LogP contribution in [0, 0.1) is 0 Å². The zero-order valence-corrected chi connectivity index (χ0v) is 15.0. The highest BCUT2D eigenvalue weighted by Crippen LogP contribution is 2.14. The zero-order chi connectivity index (χ0) is 17.7. The van der Waals surface area contributed by atoms with Gasteiger partial charge in [0.05, 0.1) is 6.04 Å². The lowest BCUT2D eigenvalue weighted by molar-refractivity contribution is 0.194. The smallest absolute Gasteiger partial charge is 0.318 e. The van der Waals surface area contributed by atoms with Crippen molar-refractivity contribution in [3.63, 3.8) is 0 Å². The largest absolute Gasteiger partial charge is 0.378 e. The van der Waals surface area contributed by atoms with Gasteiger partial charge in [0.15, 0.2) is 5.82 Å². The van der Waals surface area contributed by atoms with E-state index in [0.29, 0.717) is 13.1 Å². The van der Waals surface area contributed by atoms with Crippen LogP contribution in [0.2, 0.25) is 0 Å². The van der Waals surface area contributed by atoms with Crippen LogP contribution in [0.15, 0.2) is 30.6 Å². The molecule has 1 aromatic heterocycles. The van der Waals surface area contributed by atoms with E-state index in [1.165, 1.54) is 0 Å². The number of benzene rings is 1. The van der Waals surface area contributed by atoms with Crippen LogP contribution in [0.4, 0.5) is 10.5 Å². The predicted molar refractivity (Wildman–Crippen MR) is 94.8 cm³/mol. The molecule has 0 radical (unpaired) electrons. The third-order valence-electron chi connectivity index (χ3n) is 3.97. The van der Waals surface area contributed by atoms with Crippen molar-refractivity contribution in [2.75, 3.05) is 25.5 Å². The molecule has 0 unspecified atom stereocenters. The Bertz CT molecular complexity index is 664. The van der Waals surface area contributed by atoms with Gasteiger partial charge in [-0.25, -0.2) is 4.79 Å². The molecule has 0 bridgehead atoms. The monoisotopic (exact) mass is 330 g/mol. The van der Waals surface area contributed by atoms with Crippen molar-refractivity contribution >= 4 is 11.7 Å². The van der Waals surface area contributed by atoms with E-state index in [0.717, 1.165) is 17.1 Å². The molecule has 1 heterocycles. The molecule has 24 heavy (non-hydrogen) atoms. The van der Waals surface area contributed by atoms with Crippen LogP contribution >= 0.6 is 0 Å². The van der Waals surface area contributed by atoms with E-state index in [9.17, 15) is 4.79 Å². The van der Waals surface area contributed by atoms with Gasteiger partial charge in [-0.3, -0.25) is 0 Å². The number of aromatic nitrogens is 3. The molecule has 2 amide bonds. The topological polar surface area (TPSA) is 66.3 Å². The number of aryl methyl sites for hydroxylation is 1. The number of nitrogens with one attached hydrogen (secondary N) is 1. The highest BCUT2D eigenvalue weighted by molar-refractivity contribution is 5.74. The van der Waals surface area contributed by atoms with Crippen molar-refractivity contribution in [2.45, 2.75) is 26.4 Å². The first-order valence-corrected chi connectivity index (χ1v) is 8.08. The fourth-order valence-electron chi connectivity index (χ4n) is 2.47. The summed E-state index contributed by atoms with van der Waals surface area (Å²) in [5.41, 5.74) is 2.24. The van der Waals surface area contributed by atoms with Crippen molar-refractivity contribution in [1.82, 2.24) is 25.0 Å². The maximum atomic E-state index is 12.5.